The number of carbonyl (C=O) groups excluding carboxylic acids is 1. The first-order valence-electron chi connectivity index (χ1n) is 6.68. The van der Waals surface area contributed by atoms with Gasteiger partial charge in [-0.2, -0.15) is 5.10 Å². The first-order valence-corrected chi connectivity index (χ1v) is 6.68. The van der Waals surface area contributed by atoms with Crippen molar-refractivity contribution in [2.45, 2.75) is 26.8 Å². The molecule has 0 aliphatic heterocycles. The number of hydrogen-bond donors (Lipinski definition) is 2. The van der Waals surface area contributed by atoms with Crippen LogP contribution in [0, 0.1) is 5.92 Å². The van der Waals surface area contributed by atoms with Crippen molar-refractivity contribution in [2.24, 2.45) is 5.92 Å². The number of nitrogens with one attached hydrogen (secondary N) is 1. The van der Waals surface area contributed by atoms with Gasteiger partial charge in [-0.05, 0) is 12.0 Å². The maximum Gasteiger partial charge on any atom is 0.280 e. The largest absolute Gasteiger partial charge is 0.504 e. The maximum atomic E-state index is 13.2. The molecule has 0 fully saturated rings. The quantitative estimate of drug-likeness (QED) is 0.890. The number of aromatic nitrogens is 3. The Morgan fingerprint density at radius 3 is 2.73 bits per heavy atom. The van der Waals surface area contributed by atoms with Gasteiger partial charge in [0.25, 0.3) is 12.3 Å². The van der Waals surface area contributed by atoms with Crippen LogP contribution in [-0.2, 0) is 6.54 Å². The predicted octanol–water partition coefficient (Wildman–Crippen LogP) is 2.83. The lowest BCUT2D eigenvalue weighted by Gasteiger charge is -2.11. The first-order chi connectivity index (χ1) is 10.4. The Labute approximate surface area is 125 Å². The van der Waals surface area contributed by atoms with Gasteiger partial charge in [-0.1, -0.05) is 13.8 Å². The Morgan fingerprint density at radius 2 is 2.14 bits per heavy atom. The van der Waals surface area contributed by atoms with Crippen molar-refractivity contribution in [3.63, 3.8) is 0 Å². The summed E-state index contributed by atoms with van der Waals surface area (Å²) in [7, 11) is 0. The third-order valence-corrected chi connectivity index (χ3v) is 2.92. The minimum Gasteiger partial charge on any atom is -0.504 e. The summed E-state index contributed by atoms with van der Waals surface area (Å²) in [6.07, 6.45) is 0.794. The van der Waals surface area contributed by atoms with Crippen molar-refractivity contribution in [1.82, 2.24) is 14.8 Å². The number of pyridine rings is 1. The number of hydrogen-bond acceptors (Lipinski definition) is 4. The van der Waals surface area contributed by atoms with E-state index in [9.17, 15) is 18.7 Å². The van der Waals surface area contributed by atoms with Gasteiger partial charge in [-0.3, -0.25) is 14.5 Å². The highest BCUT2D eigenvalue weighted by molar-refractivity contribution is 6.05. The third-order valence-electron chi connectivity index (χ3n) is 2.92. The van der Waals surface area contributed by atoms with Crippen molar-refractivity contribution in [2.75, 3.05) is 5.32 Å². The fourth-order valence-corrected chi connectivity index (χ4v) is 1.97. The van der Waals surface area contributed by atoms with Crippen LogP contribution in [0.15, 0.2) is 24.7 Å². The van der Waals surface area contributed by atoms with E-state index in [1.165, 1.54) is 12.3 Å². The molecule has 6 nitrogen and oxygen atoms in total. The molecule has 0 unspecified atom stereocenters. The van der Waals surface area contributed by atoms with Crippen LogP contribution in [0.25, 0.3) is 0 Å². The van der Waals surface area contributed by atoms with E-state index >= 15 is 0 Å². The van der Waals surface area contributed by atoms with E-state index in [0.29, 0.717) is 0 Å². The average Bonchev–Trinajstić information content (AvgIpc) is 2.84. The SMILES string of the molecule is CC(C)Cn1ncc(C(=O)Nc2ccncc2O)c1C(F)F. The minimum absolute atomic E-state index is 0.0943. The molecular weight excluding hydrogens is 294 g/mol. The second-order valence-electron chi connectivity index (χ2n) is 5.17. The highest BCUT2D eigenvalue weighted by Gasteiger charge is 2.25. The number of nitrogens with zero attached hydrogens (tertiary/aromatic N) is 3. The summed E-state index contributed by atoms with van der Waals surface area (Å²) in [6.45, 7) is 4.02. The molecule has 1 amide bonds. The van der Waals surface area contributed by atoms with Crippen molar-refractivity contribution in [3.8, 4) is 5.75 Å². The molecule has 0 bridgehead atoms. The van der Waals surface area contributed by atoms with Crippen LogP contribution in [0.4, 0.5) is 14.5 Å². The summed E-state index contributed by atoms with van der Waals surface area (Å²) in [6, 6.07) is 1.37. The summed E-state index contributed by atoms with van der Waals surface area (Å²) in [5.41, 5.74) is -0.552. The molecule has 2 heterocycles. The van der Waals surface area contributed by atoms with Gasteiger partial charge < -0.3 is 10.4 Å². The third kappa shape index (κ3) is 3.38. The van der Waals surface area contributed by atoms with Crippen molar-refractivity contribution < 1.29 is 18.7 Å². The molecule has 2 N–H and O–H groups in total. The molecule has 2 rings (SSSR count). The fourth-order valence-electron chi connectivity index (χ4n) is 1.97. The standard InChI is InChI=1S/C14H16F2N4O2/c1-8(2)7-20-12(13(15)16)9(5-18-20)14(22)19-10-3-4-17-6-11(10)21/h3-6,8,13,21H,7H2,1-2H3,(H,17,19,22). The van der Waals surface area contributed by atoms with Gasteiger partial charge in [0, 0.05) is 12.7 Å². The Hall–Kier alpha value is -2.51. The Kier molecular flexibility index (Phi) is 4.69. The summed E-state index contributed by atoms with van der Waals surface area (Å²) >= 11 is 0. The molecule has 0 aliphatic rings. The van der Waals surface area contributed by atoms with E-state index in [-0.39, 0.29) is 29.5 Å². The Balaban J connectivity index is 2.30. The molecule has 0 aliphatic carbocycles. The van der Waals surface area contributed by atoms with Gasteiger partial charge in [0.05, 0.1) is 23.6 Å². The van der Waals surface area contributed by atoms with E-state index in [0.717, 1.165) is 17.1 Å². The zero-order valence-electron chi connectivity index (χ0n) is 12.1. The second-order valence-corrected chi connectivity index (χ2v) is 5.17. The lowest BCUT2D eigenvalue weighted by molar-refractivity contribution is 0.100. The molecule has 22 heavy (non-hydrogen) atoms. The smallest absolute Gasteiger partial charge is 0.280 e. The number of halogens is 2. The van der Waals surface area contributed by atoms with Crippen LogP contribution in [-0.4, -0.2) is 25.8 Å². The topological polar surface area (TPSA) is 80.0 Å². The molecular formula is C14H16F2N4O2. The van der Waals surface area contributed by atoms with E-state index in [1.54, 1.807) is 0 Å². The minimum atomic E-state index is -2.83. The van der Waals surface area contributed by atoms with Gasteiger partial charge in [-0.15, -0.1) is 0 Å². The summed E-state index contributed by atoms with van der Waals surface area (Å²) < 4.78 is 27.6. The lowest BCUT2D eigenvalue weighted by atomic mass is 10.2. The zero-order valence-corrected chi connectivity index (χ0v) is 12.1. The molecule has 0 radical (unpaired) electrons. The first kappa shape index (κ1) is 15.9. The molecule has 0 saturated heterocycles. The van der Waals surface area contributed by atoms with Gasteiger partial charge in [-0.25, -0.2) is 8.78 Å². The summed E-state index contributed by atoms with van der Waals surface area (Å²) in [4.78, 5) is 15.8. The molecule has 118 valence electrons. The van der Waals surface area contributed by atoms with Crippen LogP contribution in [0.3, 0.4) is 0 Å². The predicted molar refractivity (Wildman–Crippen MR) is 75.9 cm³/mol. The molecule has 0 aromatic carbocycles. The fraction of sp³-hybridized carbons (Fsp3) is 0.357. The van der Waals surface area contributed by atoms with Crippen molar-refractivity contribution in [1.29, 1.82) is 0 Å². The molecule has 0 saturated carbocycles. The molecule has 0 spiro atoms. The molecule has 2 aromatic rings. The van der Waals surface area contributed by atoms with E-state index in [2.05, 4.69) is 15.4 Å². The Morgan fingerprint density at radius 1 is 1.41 bits per heavy atom. The van der Waals surface area contributed by atoms with Crippen LogP contribution in [0.1, 0.15) is 36.3 Å². The monoisotopic (exact) mass is 310 g/mol. The number of carbonyl (C=O) groups is 1. The van der Waals surface area contributed by atoms with Gasteiger partial charge in [0.1, 0.15) is 5.69 Å². The molecule has 2 aromatic heterocycles. The van der Waals surface area contributed by atoms with Gasteiger partial charge in [0.15, 0.2) is 5.75 Å². The van der Waals surface area contributed by atoms with Crippen LogP contribution < -0.4 is 5.32 Å². The number of anilines is 1. The Bertz CT molecular complexity index is 671. The van der Waals surface area contributed by atoms with Crippen LogP contribution in [0.5, 0.6) is 5.75 Å². The normalized spacial score (nSPS) is 11.2. The average molecular weight is 310 g/mol. The van der Waals surface area contributed by atoms with Crippen LogP contribution in [0.2, 0.25) is 0 Å². The maximum absolute atomic E-state index is 13.2. The highest BCUT2D eigenvalue weighted by Crippen LogP contribution is 2.26. The number of amides is 1. The van der Waals surface area contributed by atoms with Gasteiger partial charge in [0.2, 0.25) is 0 Å². The van der Waals surface area contributed by atoms with E-state index in [4.69, 9.17) is 0 Å². The molecule has 0 atom stereocenters. The van der Waals surface area contributed by atoms with Gasteiger partial charge >= 0.3 is 0 Å². The zero-order chi connectivity index (χ0) is 16.3. The highest BCUT2D eigenvalue weighted by atomic mass is 19.3. The molecule has 8 heteroatoms. The summed E-state index contributed by atoms with van der Waals surface area (Å²) in [5.74, 6) is -0.895. The van der Waals surface area contributed by atoms with E-state index in [1.807, 2.05) is 13.8 Å². The van der Waals surface area contributed by atoms with Crippen molar-refractivity contribution in [3.05, 3.63) is 35.9 Å². The number of rotatable bonds is 5. The second kappa shape index (κ2) is 6.50. The van der Waals surface area contributed by atoms with E-state index < -0.39 is 18.0 Å². The van der Waals surface area contributed by atoms with Crippen molar-refractivity contribution >= 4 is 11.6 Å². The number of aromatic hydroxyl groups is 1. The van der Waals surface area contributed by atoms with Crippen LogP contribution >= 0.6 is 0 Å². The number of alkyl halides is 2. The summed E-state index contributed by atoms with van der Waals surface area (Å²) in [5, 5.41) is 15.8. The lowest BCUT2D eigenvalue weighted by Crippen LogP contribution is -2.16.